The van der Waals surface area contributed by atoms with Gasteiger partial charge in [0, 0.05) is 28.0 Å². The van der Waals surface area contributed by atoms with E-state index in [4.69, 9.17) is 21.4 Å². The molecule has 0 fully saturated rings. The van der Waals surface area contributed by atoms with Crippen LogP contribution in [0.25, 0.3) is 11.3 Å². The monoisotopic (exact) mass is 445 g/mol. The van der Waals surface area contributed by atoms with Gasteiger partial charge in [-0.1, -0.05) is 65.7 Å². The van der Waals surface area contributed by atoms with E-state index in [0.717, 1.165) is 39.0 Å². The third-order valence-corrected chi connectivity index (χ3v) is 6.19. The number of halogens is 1. The van der Waals surface area contributed by atoms with Crippen molar-refractivity contribution in [2.75, 3.05) is 5.43 Å². The molecule has 5 rings (SSSR count). The molecule has 4 aromatic rings. The Balaban J connectivity index is 1.43. The molecule has 4 nitrogen and oxygen atoms in total. The van der Waals surface area contributed by atoms with Gasteiger partial charge < -0.3 is 4.74 Å². The molecule has 31 heavy (non-hydrogen) atoms. The first-order valence-electron chi connectivity index (χ1n) is 10.0. The fourth-order valence-corrected chi connectivity index (χ4v) is 4.39. The number of anilines is 1. The molecule has 0 amide bonds. The Kier molecular flexibility index (Phi) is 5.45. The molecule has 0 saturated heterocycles. The lowest BCUT2D eigenvalue weighted by molar-refractivity contribution is 0.206. The zero-order valence-electron chi connectivity index (χ0n) is 16.9. The number of ether oxygens (including phenoxy) is 1. The minimum Gasteiger partial charge on any atom is -0.485 e. The lowest BCUT2D eigenvalue weighted by Crippen LogP contribution is -2.22. The van der Waals surface area contributed by atoms with Crippen LogP contribution in [-0.4, -0.2) is 10.7 Å². The van der Waals surface area contributed by atoms with Crippen LogP contribution in [0.5, 0.6) is 5.75 Å². The number of nitrogens with one attached hydrogen (secondary N) is 1. The lowest BCUT2D eigenvalue weighted by atomic mass is 9.94. The first-order chi connectivity index (χ1) is 15.2. The smallest absolute Gasteiger partial charge is 0.203 e. The summed E-state index contributed by atoms with van der Waals surface area (Å²) in [7, 11) is 0. The maximum atomic E-state index is 6.29. The molecule has 0 aliphatic carbocycles. The molecule has 0 radical (unpaired) electrons. The molecule has 154 valence electrons. The highest BCUT2D eigenvalue weighted by Gasteiger charge is 2.26. The largest absolute Gasteiger partial charge is 0.485 e. The minimum atomic E-state index is -0.0714. The maximum Gasteiger partial charge on any atom is 0.203 e. The first-order valence-corrected chi connectivity index (χ1v) is 11.3. The maximum absolute atomic E-state index is 6.29. The Morgan fingerprint density at radius 2 is 1.87 bits per heavy atom. The van der Waals surface area contributed by atoms with Gasteiger partial charge in [-0.3, -0.25) is 5.43 Å². The highest BCUT2D eigenvalue weighted by atomic mass is 35.5. The molecule has 1 atom stereocenters. The predicted octanol–water partition coefficient (Wildman–Crippen LogP) is 7.11. The summed E-state index contributed by atoms with van der Waals surface area (Å²) in [5.74, 6) is 0.854. The first kappa shape index (κ1) is 19.8. The van der Waals surface area contributed by atoms with Crippen molar-refractivity contribution in [1.82, 2.24) is 4.98 Å². The summed E-state index contributed by atoms with van der Waals surface area (Å²) >= 11 is 7.52. The van der Waals surface area contributed by atoms with E-state index < -0.39 is 0 Å². The molecule has 1 unspecified atom stereocenters. The number of hydrogen-bond donors (Lipinski definition) is 1. The van der Waals surface area contributed by atoms with Crippen molar-refractivity contribution < 1.29 is 4.74 Å². The summed E-state index contributed by atoms with van der Waals surface area (Å²) in [6, 6.07) is 24.2. The Labute approximate surface area is 190 Å². The molecule has 1 N–H and O–H groups in total. The molecule has 3 aromatic carbocycles. The highest BCUT2D eigenvalue weighted by molar-refractivity contribution is 7.14. The molecule has 1 aliphatic rings. The topological polar surface area (TPSA) is 46.5 Å². The van der Waals surface area contributed by atoms with E-state index in [0.29, 0.717) is 11.4 Å². The van der Waals surface area contributed by atoms with E-state index in [1.807, 2.05) is 53.9 Å². The van der Waals surface area contributed by atoms with Crippen LogP contribution in [0.2, 0.25) is 5.02 Å². The van der Waals surface area contributed by atoms with E-state index >= 15 is 0 Å². The number of hydrogen-bond acceptors (Lipinski definition) is 5. The Morgan fingerprint density at radius 3 is 2.68 bits per heavy atom. The summed E-state index contributed by atoms with van der Waals surface area (Å²) < 4.78 is 6.29. The van der Waals surface area contributed by atoms with Gasteiger partial charge >= 0.3 is 0 Å². The molecule has 1 aliphatic heterocycles. The number of aromatic nitrogens is 1. The van der Waals surface area contributed by atoms with Crippen LogP contribution >= 0.6 is 22.9 Å². The second-order valence-corrected chi connectivity index (χ2v) is 8.73. The van der Waals surface area contributed by atoms with Crippen molar-refractivity contribution in [2.24, 2.45) is 5.10 Å². The summed E-state index contributed by atoms with van der Waals surface area (Å²) in [5.41, 5.74) is 9.38. The summed E-state index contributed by atoms with van der Waals surface area (Å²) in [6.07, 6.45) is 0.612. The predicted molar refractivity (Wildman–Crippen MR) is 128 cm³/mol. The van der Waals surface area contributed by atoms with Crippen LogP contribution in [-0.2, 0) is 0 Å². The molecule has 1 aromatic heterocycles. The molecule has 2 heterocycles. The van der Waals surface area contributed by atoms with Crippen molar-refractivity contribution in [1.29, 1.82) is 0 Å². The van der Waals surface area contributed by atoms with Crippen LogP contribution in [0.15, 0.2) is 83.3 Å². The van der Waals surface area contributed by atoms with Gasteiger partial charge in [0.15, 0.2) is 0 Å². The van der Waals surface area contributed by atoms with Crippen LogP contribution in [0.3, 0.4) is 0 Å². The SMILES string of the molecule is Cc1ccc2c(c1)/C(=N\Nc1nc(-c3ccc(Cl)cc3)cs1)CC(c1ccccc1)O2. The molecule has 0 spiro atoms. The van der Waals surface area contributed by atoms with Gasteiger partial charge in [-0.15, -0.1) is 11.3 Å². The van der Waals surface area contributed by atoms with Gasteiger partial charge in [0.05, 0.1) is 11.4 Å². The molecule has 0 bridgehead atoms. The van der Waals surface area contributed by atoms with Crippen molar-refractivity contribution >= 4 is 33.8 Å². The van der Waals surface area contributed by atoms with Crippen molar-refractivity contribution in [3.8, 4) is 17.0 Å². The summed E-state index contributed by atoms with van der Waals surface area (Å²) in [4.78, 5) is 4.67. The minimum absolute atomic E-state index is 0.0714. The van der Waals surface area contributed by atoms with Gasteiger partial charge in [0.25, 0.3) is 0 Å². The van der Waals surface area contributed by atoms with E-state index in [2.05, 4.69) is 41.6 Å². The quantitative estimate of drug-likeness (QED) is 0.340. The van der Waals surface area contributed by atoms with Crippen molar-refractivity contribution in [2.45, 2.75) is 19.4 Å². The van der Waals surface area contributed by atoms with E-state index in [-0.39, 0.29) is 6.10 Å². The van der Waals surface area contributed by atoms with E-state index in [9.17, 15) is 0 Å². The zero-order chi connectivity index (χ0) is 21.2. The number of aryl methyl sites for hydroxylation is 1. The highest BCUT2D eigenvalue weighted by Crippen LogP contribution is 2.36. The van der Waals surface area contributed by atoms with Crippen LogP contribution in [0, 0.1) is 6.92 Å². The van der Waals surface area contributed by atoms with Crippen molar-refractivity contribution in [3.63, 3.8) is 0 Å². The van der Waals surface area contributed by atoms with Crippen LogP contribution in [0.4, 0.5) is 5.13 Å². The molecular formula is C25H20ClN3OS. The van der Waals surface area contributed by atoms with Gasteiger partial charge in [-0.05, 0) is 36.8 Å². The van der Waals surface area contributed by atoms with Crippen LogP contribution < -0.4 is 10.2 Å². The normalized spacial score (nSPS) is 16.6. The zero-order valence-corrected chi connectivity index (χ0v) is 18.5. The Bertz CT molecular complexity index is 1240. The van der Waals surface area contributed by atoms with Gasteiger partial charge in [0.1, 0.15) is 11.9 Å². The average Bonchev–Trinajstić information content (AvgIpc) is 3.27. The van der Waals surface area contributed by atoms with E-state index in [1.165, 1.54) is 16.9 Å². The molecule has 0 saturated carbocycles. The fourth-order valence-electron chi connectivity index (χ4n) is 3.61. The van der Waals surface area contributed by atoms with Gasteiger partial charge in [0.2, 0.25) is 5.13 Å². The standard InChI is InChI=1S/C25H20ClN3OS/c1-16-7-12-23-20(13-16)21(14-24(30-23)18-5-3-2-4-6-18)28-29-25-27-22(15-31-25)17-8-10-19(26)11-9-17/h2-13,15,24H,14H2,1H3,(H,27,29)/b28-21-. The fraction of sp³-hybridized carbons (Fsp3) is 0.120. The van der Waals surface area contributed by atoms with Gasteiger partial charge in [-0.2, -0.15) is 5.10 Å². The molecular weight excluding hydrogens is 426 g/mol. The number of nitrogens with zero attached hydrogens (tertiary/aromatic N) is 2. The molecule has 6 heteroatoms. The second-order valence-electron chi connectivity index (χ2n) is 7.44. The van der Waals surface area contributed by atoms with Gasteiger partial charge in [-0.25, -0.2) is 4.98 Å². The lowest BCUT2D eigenvalue weighted by Gasteiger charge is -2.27. The van der Waals surface area contributed by atoms with Crippen molar-refractivity contribution in [3.05, 3.63) is 99.9 Å². The Hall–Kier alpha value is -3.15. The summed E-state index contributed by atoms with van der Waals surface area (Å²) in [5, 5.41) is 8.22. The number of thiazole rings is 1. The third-order valence-electron chi connectivity index (χ3n) is 5.20. The summed E-state index contributed by atoms with van der Waals surface area (Å²) in [6.45, 7) is 2.08. The number of hydrazone groups is 1. The average molecular weight is 446 g/mol. The number of fused-ring (bicyclic) bond motifs is 1. The third kappa shape index (κ3) is 4.33. The van der Waals surface area contributed by atoms with Crippen LogP contribution in [0.1, 0.15) is 29.2 Å². The van der Waals surface area contributed by atoms with E-state index in [1.54, 1.807) is 0 Å². The Morgan fingerprint density at radius 1 is 1.06 bits per heavy atom. The number of benzene rings is 3. The second kappa shape index (κ2) is 8.53. The number of rotatable bonds is 4.